The van der Waals surface area contributed by atoms with Crippen molar-refractivity contribution in [3.8, 4) is 11.8 Å². The van der Waals surface area contributed by atoms with E-state index in [2.05, 4.69) is 30.3 Å². The minimum atomic E-state index is -4.38. The van der Waals surface area contributed by atoms with Crippen LogP contribution in [0.2, 0.25) is 5.02 Å². The van der Waals surface area contributed by atoms with Gasteiger partial charge < -0.3 is 15.0 Å². The lowest BCUT2D eigenvalue weighted by molar-refractivity contribution is -0.137. The highest BCUT2D eigenvalue weighted by Crippen LogP contribution is 2.40. The molecule has 3 atom stereocenters. The second-order valence-corrected chi connectivity index (χ2v) is 9.64. The van der Waals surface area contributed by atoms with Crippen molar-refractivity contribution in [1.29, 1.82) is 0 Å². The van der Waals surface area contributed by atoms with Gasteiger partial charge >= 0.3 is 12.2 Å². The molecule has 8 nitrogen and oxygen atoms in total. The number of nitrogens with one attached hydrogen (secondary N) is 1. The molecule has 0 radical (unpaired) electrons. The number of rotatable bonds is 7. The normalized spacial score (nSPS) is 21.6. The zero-order valence-electron chi connectivity index (χ0n) is 19.3. The number of aromatic nitrogens is 5. The monoisotopic (exact) mass is 525 g/mol. The average Bonchev–Trinajstić information content (AvgIpc) is 3.26. The van der Waals surface area contributed by atoms with Crippen LogP contribution in [0.1, 0.15) is 25.0 Å². The molecule has 1 aliphatic carbocycles. The van der Waals surface area contributed by atoms with Crippen LogP contribution in [-0.2, 0) is 6.54 Å². The summed E-state index contributed by atoms with van der Waals surface area (Å²) in [6.07, 6.45) is -1.93. The lowest BCUT2D eigenvalue weighted by atomic mass is 9.92. The maximum atomic E-state index is 13.7. The molecule has 0 spiro atoms. The van der Waals surface area contributed by atoms with Gasteiger partial charge in [0.05, 0.1) is 13.0 Å². The molecule has 2 fully saturated rings. The highest BCUT2D eigenvalue weighted by Gasteiger charge is 2.43. The molecular weight excluding hydrogens is 502 g/mol. The molecule has 3 heterocycles. The van der Waals surface area contributed by atoms with E-state index < -0.39 is 25.0 Å². The maximum Gasteiger partial charge on any atom is 0.390 e. The van der Waals surface area contributed by atoms with Crippen LogP contribution in [-0.4, -0.2) is 50.0 Å². The van der Waals surface area contributed by atoms with Gasteiger partial charge in [-0.1, -0.05) is 11.6 Å². The first kappa shape index (κ1) is 24.5. The molecule has 2 aliphatic rings. The third-order valence-corrected chi connectivity index (χ3v) is 6.75. The number of hydrogen-bond donors (Lipinski definition) is 1. The van der Waals surface area contributed by atoms with E-state index in [-0.39, 0.29) is 40.6 Å². The van der Waals surface area contributed by atoms with Gasteiger partial charge in [-0.25, -0.2) is 19.0 Å². The molecule has 36 heavy (non-hydrogen) atoms. The number of ether oxygens (including phenoxy) is 1. The summed E-state index contributed by atoms with van der Waals surface area (Å²) in [4.78, 5) is 15.1. The van der Waals surface area contributed by atoms with Crippen molar-refractivity contribution in [2.24, 2.45) is 11.8 Å². The van der Waals surface area contributed by atoms with Gasteiger partial charge in [-0.15, -0.1) is 5.10 Å². The third-order valence-electron chi connectivity index (χ3n) is 6.53. The van der Waals surface area contributed by atoms with Crippen molar-refractivity contribution in [2.75, 3.05) is 23.3 Å². The fourth-order valence-corrected chi connectivity index (χ4v) is 5.16. The van der Waals surface area contributed by atoms with E-state index in [0.29, 0.717) is 0 Å². The first-order chi connectivity index (χ1) is 17.1. The first-order valence-corrected chi connectivity index (χ1v) is 12.0. The average molecular weight is 526 g/mol. The number of hydrogen-bond acceptors (Lipinski definition) is 7. The van der Waals surface area contributed by atoms with E-state index in [1.54, 1.807) is 6.33 Å². The van der Waals surface area contributed by atoms with Crippen LogP contribution in [0.3, 0.4) is 0 Å². The quantitative estimate of drug-likeness (QED) is 0.422. The summed E-state index contributed by atoms with van der Waals surface area (Å²) >= 11 is 5.88. The fourth-order valence-electron chi connectivity index (χ4n) is 4.94. The third kappa shape index (κ3) is 5.63. The Hall–Kier alpha value is -3.15. The number of halogens is 5. The number of anilines is 2. The molecular formula is C23H24ClF4N7O. The van der Waals surface area contributed by atoms with Crippen molar-refractivity contribution < 1.29 is 22.3 Å². The van der Waals surface area contributed by atoms with Gasteiger partial charge in [-0.05, 0) is 43.7 Å². The standard InChI is InChI=1S/C23H24ClF4N7O/c1-13-6-19(30-12-29-13)34-10-14-2-3-15(11-34)20(14)31-21-32-22(35(33-21)5-4-23(26,27)28)36-18-8-16(24)7-17(25)9-18/h6-9,12,14-15,20H,2-5,10-11H2,1H3,(H,31,33)/t14-,15+,20?. The van der Waals surface area contributed by atoms with Crippen LogP contribution in [0.15, 0.2) is 30.6 Å². The Balaban J connectivity index is 1.34. The number of fused-ring (bicyclic) bond motifs is 2. The van der Waals surface area contributed by atoms with Crippen LogP contribution in [0.5, 0.6) is 11.8 Å². The summed E-state index contributed by atoms with van der Waals surface area (Å²) in [6, 6.07) is 5.36. The van der Waals surface area contributed by atoms with Gasteiger partial charge in [0.1, 0.15) is 23.7 Å². The molecule has 1 aromatic carbocycles. The zero-order chi connectivity index (χ0) is 25.4. The van der Waals surface area contributed by atoms with E-state index in [0.717, 1.165) is 54.3 Å². The predicted octanol–water partition coefficient (Wildman–Crippen LogP) is 5.24. The molecule has 1 saturated carbocycles. The molecule has 3 aromatic rings. The highest BCUT2D eigenvalue weighted by atomic mass is 35.5. The fraction of sp³-hybridized carbons (Fsp3) is 0.478. The first-order valence-electron chi connectivity index (χ1n) is 11.6. The number of nitrogens with zero attached hydrogens (tertiary/aromatic N) is 6. The summed E-state index contributed by atoms with van der Waals surface area (Å²) in [7, 11) is 0. The topological polar surface area (TPSA) is 81.0 Å². The molecule has 5 rings (SSSR count). The van der Waals surface area contributed by atoms with E-state index >= 15 is 0 Å². The lowest BCUT2D eigenvalue weighted by Gasteiger charge is -2.38. The van der Waals surface area contributed by atoms with Crippen molar-refractivity contribution in [3.63, 3.8) is 0 Å². The van der Waals surface area contributed by atoms with Gasteiger partial charge in [-0.2, -0.15) is 18.2 Å². The molecule has 2 bridgehead atoms. The molecule has 1 saturated heterocycles. The number of benzene rings is 1. The second-order valence-electron chi connectivity index (χ2n) is 9.20. The van der Waals surface area contributed by atoms with Crippen molar-refractivity contribution >= 4 is 23.4 Å². The Morgan fingerprint density at radius 3 is 2.53 bits per heavy atom. The van der Waals surface area contributed by atoms with Crippen LogP contribution in [0, 0.1) is 24.6 Å². The van der Waals surface area contributed by atoms with E-state index in [1.807, 2.05) is 13.0 Å². The zero-order valence-corrected chi connectivity index (χ0v) is 20.1. The van der Waals surface area contributed by atoms with E-state index in [4.69, 9.17) is 16.3 Å². The lowest BCUT2D eigenvalue weighted by Crippen LogP contribution is -2.48. The molecule has 1 aliphatic heterocycles. The Kier molecular flexibility index (Phi) is 6.62. The number of alkyl halides is 3. The minimum Gasteiger partial charge on any atom is -0.424 e. The van der Waals surface area contributed by atoms with Gasteiger partial charge in [0, 0.05) is 42.0 Å². The van der Waals surface area contributed by atoms with Crippen molar-refractivity contribution in [3.05, 3.63) is 47.1 Å². The maximum absolute atomic E-state index is 13.7. The molecule has 1 N–H and O–H groups in total. The SMILES string of the molecule is Cc1cc(N2C[C@H]3CC[C@@H](C2)C3Nc2nc(Oc3cc(F)cc(Cl)c3)n(CCC(F)(F)F)n2)ncn1. The van der Waals surface area contributed by atoms with E-state index in [1.165, 1.54) is 6.07 Å². The predicted molar refractivity (Wildman–Crippen MR) is 125 cm³/mol. The Labute approximate surface area is 209 Å². The van der Waals surface area contributed by atoms with Crippen LogP contribution >= 0.6 is 11.6 Å². The Morgan fingerprint density at radius 1 is 1.11 bits per heavy atom. The minimum absolute atomic E-state index is 0.0146. The number of piperidine rings is 1. The molecule has 13 heteroatoms. The molecule has 0 amide bonds. The van der Waals surface area contributed by atoms with Gasteiger partial charge in [0.25, 0.3) is 0 Å². The largest absolute Gasteiger partial charge is 0.424 e. The second kappa shape index (κ2) is 9.72. The molecule has 192 valence electrons. The van der Waals surface area contributed by atoms with Crippen molar-refractivity contribution in [1.82, 2.24) is 24.7 Å². The summed E-state index contributed by atoms with van der Waals surface area (Å²) in [5.74, 6) is 1.000. The number of aryl methyl sites for hydroxylation is 2. The highest BCUT2D eigenvalue weighted by molar-refractivity contribution is 6.30. The van der Waals surface area contributed by atoms with Gasteiger partial charge in [0.15, 0.2) is 0 Å². The summed E-state index contributed by atoms with van der Waals surface area (Å²) in [6.45, 7) is 3.00. The smallest absolute Gasteiger partial charge is 0.390 e. The van der Waals surface area contributed by atoms with Crippen LogP contribution in [0.4, 0.5) is 29.3 Å². The van der Waals surface area contributed by atoms with Crippen molar-refractivity contribution in [2.45, 2.75) is 44.9 Å². The Morgan fingerprint density at radius 2 is 1.86 bits per heavy atom. The molecule has 1 unspecified atom stereocenters. The van der Waals surface area contributed by atoms with Crippen LogP contribution in [0.25, 0.3) is 0 Å². The summed E-state index contributed by atoms with van der Waals surface area (Å²) in [5.41, 5.74) is 0.897. The van der Waals surface area contributed by atoms with Crippen LogP contribution < -0.4 is 15.0 Å². The Bertz CT molecular complexity index is 1200. The van der Waals surface area contributed by atoms with Gasteiger partial charge in [-0.3, -0.25) is 0 Å². The van der Waals surface area contributed by atoms with Gasteiger partial charge in [0.2, 0.25) is 5.95 Å². The summed E-state index contributed by atoms with van der Waals surface area (Å²) in [5, 5.41) is 7.66. The molecule has 2 aromatic heterocycles. The van der Waals surface area contributed by atoms with E-state index in [9.17, 15) is 17.6 Å². The summed E-state index contributed by atoms with van der Waals surface area (Å²) < 4.78 is 59.1.